The number of anilines is 1. The molecule has 1 amide bonds. The molecule has 2 aromatic carbocycles. The number of hydrogen-bond acceptors (Lipinski definition) is 5. The van der Waals surface area contributed by atoms with Crippen LogP contribution in [0, 0.1) is 0 Å². The Balaban J connectivity index is 1.57. The fourth-order valence-electron chi connectivity index (χ4n) is 3.08. The number of Topliss-reactive ketones (excluding diaryl/α,β-unsaturated/α-hetero) is 1. The zero-order chi connectivity index (χ0) is 21.0. The molecule has 3 rings (SSSR count). The highest BCUT2D eigenvalue weighted by Crippen LogP contribution is 2.21. The summed E-state index contributed by atoms with van der Waals surface area (Å²) < 4.78 is 27.0. The summed E-state index contributed by atoms with van der Waals surface area (Å²) in [6.07, 6.45) is 0. The second-order valence-corrected chi connectivity index (χ2v) is 9.04. The lowest BCUT2D eigenvalue weighted by Crippen LogP contribution is -2.51. The second kappa shape index (κ2) is 8.94. The van der Waals surface area contributed by atoms with Gasteiger partial charge in [0.25, 0.3) is 0 Å². The summed E-state index contributed by atoms with van der Waals surface area (Å²) in [5.74, 6) is -0.237. The van der Waals surface area contributed by atoms with E-state index in [0.717, 1.165) is 0 Å². The van der Waals surface area contributed by atoms with Crippen molar-refractivity contribution >= 4 is 39.0 Å². The Morgan fingerprint density at radius 1 is 1.00 bits per heavy atom. The Morgan fingerprint density at radius 3 is 2.21 bits per heavy atom. The van der Waals surface area contributed by atoms with Crippen molar-refractivity contribution in [2.24, 2.45) is 0 Å². The topological polar surface area (TPSA) is 86.8 Å². The molecule has 9 heteroatoms. The average Bonchev–Trinajstić information content (AvgIpc) is 2.73. The molecule has 0 aromatic heterocycles. The third-order valence-corrected chi connectivity index (χ3v) is 7.04. The zero-order valence-electron chi connectivity index (χ0n) is 16.0. The average molecular weight is 436 g/mol. The van der Waals surface area contributed by atoms with Crippen molar-refractivity contribution in [3.8, 4) is 0 Å². The molecule has 0 aliphatic carbocycles. The fraction of sp³-hybridized carbons (Fsp3) is 0.300. The van der Waals surface area contributed by atoms with Crippen LogP contribution in [0.25, 0.3) is 0 Å². The summed E-state index contributed by atoms with van der Waals surface area (Å²) in [6, 6.07) is 13.1. The molecule has 7 nitrogen and oxygen atoms in total. The van der Waals surface area contributed by atoms with Crippen LogP contribution in [0.5, 0.6) is 0 Å². The Bertz CT molecular complexity index is 1000. The molecular formula is C20H22ClN3O4S. The van der Waals surface area contributed by atoms with Crippen LogP contribution in [-0.2, 0) is 14.8 Å². The monoisotopic (exact) mass is 435 g/mol. The molecule has 0 unspecified atom stereocenters. The molecule has 1 saturated heterocycles. The number of sulfonamides is 1. The summed E-state index contributed by atoms with van der Waals surface area (Å²) in [5, 5.41) is 3.54. The molecule has 1 aliphatic heterocycles. The minimum absolute atomic E-state index is 0.0863. The van der Waals surface area contributed by atoms with Gasteiger partial charge < -0.3 is 10.2 Å². The Kier molecular flexibility index (Phi) is 6.56. The highest BCUT2D eigenvalue weighted by Gasteiger charge is 2.30. The van der Waals surface area contributed by atoms with Crippen LogP contribution >= 0.6 is 11.6 Å². The molecule has 2 aromatic rings. The van der Waals surface area contributed by atoms with E-state index in [0.29, 0.717) is 29.4 Å². The lowest BCUT2D eigenvalue weighted by Gasteiger charge is -2.34. The van der Waals surface area contributed by atoms with Gasteiger partial charge in [-0.05, 0) is 31.2 Å². The number of halogens is 1. The standard InChI is InChI=1S/C20H22ClN3O4S/c1-15(25)16-6-8-17(9-7-16)29(27,28)24-12-10-23(11-13-24)20(26)14-22-19-5-3-2-4-18(19)21/h2-9,22H,10-14H2,1H3. The highest BCUT2D eigenvalue weighted by atomic mass is 35.5. The van der Waals surface area contributed by atoms with E-state index in [1.165, 1.54) is 35.5 Å². The van der Waals surface area contributed by atoms with Crippen molar-refractivity contribution in [3.05, 3.63) is 59.1 Å². The molecule has 0 spiro atoms. The van der Waals surface area contributed by atoms with Gasteiger partial charge in [0.2, 0.25) is 15.9 Å². The number of piperazine rings is 1. The number of nitrogens with one attached hydrogen (secondary N) is 1. The van der Waals surface area contributed by atoms with Crippen LogP contribution in [0.15, 0.2) is 53.4 Å². The smallest absolute Gasteiger partial charge is 0.243 e. The number of hydrogen-bond donors (Lipinski definition) is 1. The van der Waals surface area contributed by atoms with E-state index in [1.807, 2.05) is 12.1 Å². The minimum Gasteiger partial charge on any atom is -0.375 e. The molecule has 1 fully saturated rings. The van der Waals surface area contributed by atoms with Gasteiger partial charge in [-0.3, -0.25) is 9.59 Å². The first-order chi connectivity index (χ1) is 13.8. The van der Waals surface area contributed by atoms with E-state index in [1.54, 1.807) is 17.0 Å². The van der Waals surface area contributed by atoms with Crippen LogP contribution in [0.1, 0.15) is 17.3 Å². The summed E-state index contributed by atoms with van der Waals surface area (Å²) >= 11 is 6.07. The van der Waals surface area contributed by atoms with Gasteiger partial charge in [0.1, 0.15) is 0 Å². The first kappa shape index (κ1) is 21.3. The molecule has 29 heavy (non-hydrogen) atoms. The number of benzene rings is 2. The Hall–Kier alpha value is -2.42. The van der Waals surface area contributed by atoms with Crippen LogP contribution in [-0.4, -0.2) is 62.0 Å². The normalized spacial score (nSPS) is 15.2. The van der Waals surface area contributed by atoms with E-state index in [9.17, 15) is 18.0 Å². The molecule has 0 radical (unpaired) electrons. The maximum Gasteiger partial charge on any atom is 0.243 e. The van der Waals surface area contributed by atoms with Crippen molar-refractivity contribution in [2.45, 2.75) is 11.8 Å². The van der Waals surface area contributed by atoms with E-state index in [2.05, 4.69) is 5.32 Å². The number of amides is 1. The quantitative estimate of drug-likeness (QED) is 0.704. The predicted octanol–water partition coefficient (Wildman–Crippen LogP) is 2.49. The number of para-hydroxylation sites is 1. The van der Waals surface area contributed by atoms with Crippen LogP contribution in [0.3, 0.4) is 0 Å². The van der Waals surface area contributed by atoms with Crippen LogP contribution in [0.2, 0.25) is 5.02 Å². The molecule has 1 N–H and O–H groups in total. The van der Waals surface area contributed by atoms with Gasteiger partial charge in [-0.1, -0.05) is 35.9 Å². The molecule has 0 saturated carbocycles. The summed E-state index contributed by atoms with van der Waals surface area (Å²) in [5.41, 5.74) is 1.14. The predicted molar refractivity (Wildman–Crippen MR) is 112 cm³/mol. The second-order valence-electron chi connectivity index (χ2n) is 6.70. The molecule has 1 aliphatic rings. The highest BCUT2D eigenvalue weighted by molar-refractivity contribution is 7.89. The van der Waals surface area contributed by atoms with Gasteiger partial charge in [-0.2, -0.15) is 4.31 Å². The van der Waals surface area contributed by atoms with E-state index >= 15 is 0 Å². The van der Waals surface area contributed by atoms with Crippen molar-refractivity contribution in [2.75, 3.05) is 38.0 Å². The largest absolute Gasteiger partial charge is 0.375 e. The van der Waals surface area contributed by atoms with Crippen molar-refractivity contribution in [1.29, 1.82) is 0 Å². The van der Waals surface area contributed by atoms with Gasteiger partial charge in [-0.25, -0.2) is 8.42 Å². The van der Waals surface area contributed by atoms with E-state index in [-0.39, 0.29) is 36.2 Å². The molecule has 0 bridgehead atoms. The summed E-state index contributed by atoms with van der Waals surface area (Å²) in [4.78, 5) is 25.6. The van der Waals surface area contributed by atoms with Crippen molar-refractivity contribution < 1.29 is 18.0 Å². The van der Waals surface area contributed by atoms with E-state index < -0.39 is 10.0 Å². The molecule has 1 heterocycles. The Morgan fingerprint density at radius 2 is 1.62 bits per heavy atom. The van der Waals surface area contributed by atoms with Crippen LogP contribution < -0.4 is 5.32 Å². The molecule has 154 valence electrons. The summed E-state index contributed by atoms with van der Waals surface area (Å²) in [7, 11) is -3.66. The lowest BCUT2D eigenvalue weighted by atomic mass is 10.2. The van der Waals surface area contributed by atoms with Gasteiger partial charge in [0.05, 0.1) is 22.2 Å². The maximum absolute atomic E-state index is 12.8. The number of rotatable bonds is 6. The molecule has 0 atom stereocenters. The first-order valence-corrected chi connectivity index (χ1v) is 11.0. The fourth-order valence-corrected chi connectivity index (χ4v) is 4.70. The maximum atomic E-state index is 12.8. The number of nitrogens with zero attached hydrogens (tertiary/aromatic N) is 2. The number of ketones is 1. The van der Waals surface area contributed by atoms with E-state index in [4.69, 9.17) is 11.6 Å². The van der Waals surface area contributed by atoms with Gasteiger partial charge in [0, 0.05) is 31.7 Å². The van der Waals surface area contributed by atoms with Gasteiger partial charge >= 0.3 is 0 Å². The third-order valence-electron chi connectivity index (χ3n) is 4.79. The third kappa shape index (κ3) is 4.95. The first-order valence-electron chi connectivity index (χ1n) is 9.16. The number of carbonyl (C=O) groups is 2. The SMILES string of the molecule is CC(=O)c1ccc(S(=O)(=O)N2CCN(C(=O)CNc3ccccc3Cl)CC2)cc1. The van der Waals surface area contributed by atoms with Crippen molar-refractivity contribution in [3.63, 3.8) is 0 Å². The number of carbonyl (C=O) groups excluding carboxylic acids is 2. The minimum atomic E-state index is -3.66. The van der Waals surface area contributed by atoms with Gasteiger partial charge in [0.15, 0.2) is 5.78 Å². The Labute approximate surface area is 175 Å². The van der Waals surface area contributed by atoms with Crippen molar-refractivity contribution in [1.82, 2.24) is 9.21 Å². The summed E-state index contributed by atoms with van der Waals surface area (Å²) in [6.45, 7) is 2.58. The molecular weight excluding hydrogens is 414 g/mol. The lowest BCUT2D eigenvalue weighted by molar-refractivity contribution is -0.130. The zero-order valence-corrected chi connectivity index (χ0v) is 17.5. The van der Waals surface area contributed by atoms with Gasteiger partial charge in [-0.15, -0.1) is 0 Å². The van der Waals surface area contributed by atoms with Crippen LogP contribution in [0.4, 0.5) is 5.69 Å².